The molecule has 1 aliphatic heterocycles. The molecule has 0 saturated carbocycles. The third-order valence-corrected chi connectivity index (χ3v) is 5.27. The van der Waals surface area contributed by atoms with Crippen LogP contribution >= 0.6 is 0 Å². The van der Waals surface area contributed by atoms with Crippen LogP contribution in [0.15, 0.2) is 0 Å². The molecule has 166 valence electrons. The van der Waals surface area contributed by atoms with E-state index < -0.39 is 49.2 Å². The fraction of sp³-hybridized carbons (Fsp3) is 0.950. The molecule has 1 fully saturated rings. The fourth-order valence-electron chi connectivity index (χ4n) is 3.56. The Balaban J connectivity index is 0.00000784. The van der Waals surface area contributed by atoms with Gasteiger partial charge in [0.1, 0.15) is 24.4 Å². The summed E-state index contributed by atoms with van der Waals surface area (Å²) in [6, 6.07) is 0. The second kappa shape index (κ2) is 15.9. The minimum absolute atomic E-state index is 0. The molecule has 1 rings (SSSR count). The fourth-order valence-corrected chi connectivity index (χ4v) is 3.56. The zero-order valence-corrected chi connectivity index (χ0v) is 19.9. The van der Waals surface area contributed by atoms with E-state index in [1.165, 1.54) is 38.5 Å². The average molecular weight is 428 g/mol. The molecule has 0 amide bonds. The van der Waals surface area contributed by atoms with Crippen molar-refractivity contribution >= 4 is 5.97 Å². The average Bonchev–Trinajstić information content (AvgIpc) is 2.66. The summed E-state index contributed by atoms with van der Waals surface area (Å²) in [5.41, 5.74) is 0. The molecular formula is C20H37NaO8. The summed E-state index contributed by atoms with van der Waals surface area (Å²) in [6.45, 7) is 1.67. The molecule has 8 nitrogen and oxygen atoms in total. The summed E-state index contributed by atoms with van der Waals surface area (Å²) < 4.78 is 10.9. The molecule has 5 atom stereocenters. The number of carboxylic acids is 1. The number of aliphatic hydroxyl groups is 4. The monoisotopic (exact) mass is 428 g/mol. The molecule has 0 spiro atoms. The molecule has 1 saturated heterocycles. The van der Waals surface area contributed by atoms with Crippen molar-refractivity contribution in [2.75, 3.05) is 13.2 Å². The van der Waals surface area contributed by atoms with E-state index in [1.54, 1.807) is 0 Å². The van der Waals surface area contributed by atoms with Gasteiger partial charge in [-0.25, -0.2) is 0 Å². The maximum Gasteiger partial charge on any atom is 1.00 e. The summed E-state index contributed by atoms with van der Waals surface area (Å²) in [5.74, 6) is -3.58. The number of aliphatic hydroxyl groups excluding tert-OH is 4. The summed E-state index contributed by atoms with van der Waals surface area (Å²) in [6.07, 6.45) is 4.16. The first-order valence-corrected chi connectivity index (χ1v) is 10.5. The van der Waals surface area contributed by atoms with Crippen LogP contribution in [0.2, 0.25) is 0 Å². The van der Waals surface area contributed by atoms with Gasteiger partial charge in [-0.15, -0.1) is 0 Å². The molecule has 1 unspecified atom stereocenters. The summed E-state index contributed by atoms with van der Waals surface area (Å²) >= 11 is 0. The maximum absolute atomic E-state index is 11.1. The number of carboxylic acid groups (broad SMARTS) is 1. The largest absolute Gasteiger partial charge is 1.00 e. The molecular weight excluding hydrogens is 391 g/mol. The van der Waals surface area contributed by atoms with Crippen LogP contribution in [0.25, 0.3) is 0 Å². The van der Waals surface area contributed by atoms with Crippen molar-refractivity contribution < 1.29 is 69.4 Å². The van der Waals surface area contributed by atoms with Crippen molar-refractivity contribution in [1.82, 2.24) is 0 Å². The number of ether oxygens (including phenoxy) is 2. The van der Waals surface area contributed by atoms with Gasteiger partial charge in [-0.3, -0.25) is 0 Å². The van der Waals surface area contributed by atoms with Crippen molar-refractivity contribution in [3.05, 3.63) is 0 Å². The van der Waals surface area contributed by atoms with Crippen molar-refractivity contribution in [3.8, 4) is 0 Å². The Bertz CT molecular complexity index is 437. The third-order valence-electron chi connectivity index (χ3n) is 5.27. The number of hydrogen-bond donors (Lipinski definition) is 4. The van der Waals surface area contributed by atoms with E-state index in [1.807, 2.05) is 0 Å². The van der Waals surface area contributed by atoms with Crippen LogP contribution < -0.4 is 34.7 Å². The van der Waals surface area contributed by atoms with Gasteiger partial charge < -0.3 is 39.8 Å². The van der Waals surface area contributed by atoms with Crippen LogP contribution in [-0.4, -0.2) is 69.8 Å². The molecule has 0 aromatic carbocycles. The topological polar surface area (TPSA) is 140 Å². The Kier molecular flexibility index (Phi) is 16.1. The maximum atomic E-state index is 11.1. The Morgan fingerprint density at radius 1 is 0.966 bits per heavy atom. The van der Waals surface area contributed by atoms with Crippen LogP contribution in [0.5, 0.6) is 0 Å². The molecule has 9 heteroatoms. The minimum Gasteiger partial charge on any atom is -0.550 e. The Morgan fingerprint density at radius 2 is 1.48 bits per heavy atom. The van der Waals surface area contributed by atoms with Crippen LogP contribution in [0, 0.1) is 0 Å². The van der Waals surface area contributed by atoms with Crippen molar-refractivity contribution in [2.45, 2.75) is 108 Å². The van der Waals surface area contributed by atoms with Gasteiger partial charge in [0.25, 0.3) is 0 Å². The summed E-state index contributed by atoms with van der Waals surface area (Å²) in [5, 5.41) is 50.5. The first kappa shape index (κ1) is 29.2. The predicted octanol–water partition coefficient (Wildman–Crippen LogP) is -2.76. The van der Waals surface area contributed by atoms with Gasteiger partial charge in [-0.1, -0.05) is 64.7 Å². The number of hydrogen-bond acceptors (Lipinski definition) is 8. The van der Waals surface area contributed by atoms with E-state index in [-0.39, 0.29) is 36.2 Å². The second-order valence-corrected chi connectivity index (χ2v) is 7.66. The van der Waals surface area contributed by atoms with Gasteiger partial charge in [-0.05, 0) is 6.42 Å². The molecule has 1 aliphatic rings. The SMILES string of the molecule is CCCCCCCCCCCCOC1(CC(=O)[O-])O[C@H](CO)[C@@H](O)[C@H](O)[C@H]1O.[Na+]. The molecule has 0 radical (unpaired) electrons. The normalized spacial score (nSPS) is 29.4. The van der Waals surface area contributed by atoms with Crippen molar-refractivity contribution in [3.63, 3.8) is 0 Å². The first-order chi connectivity index (χ1) is 13.4. The Morgan fingerprint density at radius 3 is 1.97 bits per heavy atom. The molecule has 0 aromatic rings. The predicted molar refractivity (Wildman–Crippen MR) is 100 cm³/mol. The van der Waals surface area contributed by atoms with Gasteiger partial charge >= 0.3 is 29.6 Å². The van der Waals surface area contributed by atoms with Crippen LogP contribution in [0.4, 0.5) is 0 Å². The zero-order chi connectivity index (χ0) is 21.0. The quantitative estimate of drug-likeness (QED) is 0.162. The van der Waals surface area contributed by atoms with Gasteiger partial charge in [-0.2, -0.15) is 0 Å². The number of rotatable bonds is 15. The van der Waals surface area contributed by atoms with E-state index in [9.17, 15) is 30.3 Å². The number of carbonyl (C=O) groups excluding carboxylic acids is 1. The second-order valence-electron chi connectivity index (χ2n) is 7.66. The van der Waals surface area contributed by atoms with E-state index in [2.05, 4.69) is 6.92 Å². The van der Waals surface area contributed by atoms with E-state index in [0.717, 1.165) is 19.3 Å². The molecule has 0 aromatic heterocycles. The number of aliphatic carboxylic acids is 1. The van der Waals surface area contributed by atoms with E-state index in [4.69, 9.17) is 9.47 Å². The molecule has 0 aliphatic carbocycles. The summed E-state index contributed by atoms with van der Waals surface area (Å²) in [7, 11) is 0. The molecule has 29 heavy (non-hydrogen) atoms. The standard InChI is InChI=1S/C20H38O8.Na/c1-2-3-4-5-6-7-8-9-10-11-12-27-20(13-16(22)23)19(26)18(25)17(24)15(14-21)28-20;/h15,17-19,21,24-26H,2-14H2,1H3,(H,22,23);/q;+1/p-1/t15-,17-,18+,19-,20?;/m1./s1. The Hall–Kier alpha value is 0.230. The van der Waals surface area contributed by atoms with E-state index in [0.29, 0.717) is 6.42 Å². The Labute approximate surface area is 195 Å². The van der Waals surface area contributed by atoms with Crippen LogP contribution in [0.1, 0.15) is 77.6 Å². The van der Waals surface area contributed by atoms with Gasteiger partial charge in [0.2, 0.25) is 5.79 Å². The van der Waals surface area contributed by atoms with Gasteiger partial charge in [0.15, 0.2) is 0 Å². The van der Waals surface area contributed by atoms with Crippen LogP contribution in [-0.2, 0) is 14.3 Å². The van der Waals surface area contributed by atoms with Crippen LogP contribution in [0.3, 0.4) is 0 Å². The summed E-state index contributed by atoms with van der Waals surface area (Å²) in [4.78, 5) is 11.1. The van der Waals surface area contributed by atoms with Crippen molar-refractivity contribution in [1.29, 1.82) is 0 Å². The molecule has 1 heterocycles. The van der Waals surface area contributed by atoms with Gasteiger partial charge in [0.05, 0.1) is 13.2 Å². The zero-order valence-electron chi connectivity index (χ0n) is 17.9. The third kappa shape index (κ3) is 9.93. The molecule has 0 bridgehead atoms. The minimum atomic E-state index is -2.05. The first-order valence-electron chi connectivity index (χ1n) is 10.5. The van der Waals surface area contributed by atoms with E-state index >= 15 is 0 Å². The smallest absolute Gasteiger partial charge is 0.550 e. The van der Waals surface area contributed by atoms with Crippen molar-refractivity contribution in [2.24, 2.45) is 0 Å². The number of carbonyl (C=O) groups is 1. The molecule has 4 N–H and O–H groups in total. The number of unbranched alkanes of at least 4 members (excludes halogenated alkanes) is 9. The van der Waals surface area contributed by atoms with Gasteiger partial charge in [0, 0.05) is 12.4 Å².